The van der Waals surface area contributed by atoms with Crippen molar-refractivity contribution in [2.45, 2.75) is 65.8 Å². The molecule has 0 unspecified atom stereocenters. The van der Waals surface area contributed by atoms with E-state index in [1.165, 1.54) is 61.7 Å². The Kier molecular flexibility index (Phi) is 9.17. The Bertz CT molecular complexity index is 1170. The molecule has 2 aromatic carbocycles. The number of aromatic nitrogens is 2. The molecule has 0 aliphatic rings. The van der Waals surface area contributed by atoms with Gasteiger partial charge >= 0.3 is 5.97 Å². The summed E-state index contributed by atoms with van der Waals surface area (Å²) < 4.78 is 9.30. The van der Waals surface area contributed by atoms with Crippen LogP contribution >= 0.6 is 0 Å². The van der Waals surface area contributed by atoms with Crippen LogP contribution in [-0.2, 0) is 18.3 Å². The van der Waals surface area contributed by atoms with Gasteiger partial charge in [0.1, 0.15) is 5.69 Å². The van der Waals surface area contributed by atoms with Crippen LogP contribution in [0.15, 0.2) is 60.7 Å². The molecule has 0 atom stereocenters. The number of nitrogens with zero attached hydrogens (tertiary/aromatic N) is 2. The van der Waals surface area contributed by atoms with Crippen molar-refractivity contribution in [1.82, 2.24) is 9.13 Å². The van der Waals surface area contributed by atoms with Gasteiger partial charge in [0.25, 0.3) is 0 Å². The van der Waals surface area contributed by atoms with E-state index in [4.69, 9.17) is 4.74 Å². The molecular formula is C29H38N2O2. The van der Waals surface area contributed by atoms with Gasteiger partial charge in [-0.25, -0.2) is 4.79 Å². The third-order valence-corrected chi connectivity index (χ3v) is 6.19. The molecule has 0 aliphatic heterocycles. The normalized spacial score (nSPS) is 10.9. The van der Waals surface area contributed by atoms with Gasteiger partial charge in [-0.1, -0.05) is 75.4 Å². The van der Waals surface area contributed by atoms with Gasteiger partial charge in [-0.15, -0.1) is 0 Å². The van der Waals surface area contributed by atoms with Crippen LogP contribution in [0.5, 0.6) is 0 Å². The zero-order valence-electron chi connectivity index (χ0n) is 20.6. The lowest BCUT2D eigenvalue weighted by atomic mass is 10.1. The minimum absolute atomic E-state index is 0.267. The Balaban J connectivity index is 0.000000189. The summed E-state index contributed by atoms with van der Waals surface area (Å²) in [5.74, 6) is -0.267. The molecule has 0 saturated carbocycles. The van der Waals surface area contributed by atoms with Crippen molar-refractivity contribution >= 4 is 27.8 Å². The fourth-order valence-electron chi connectivity index (χ4n) is 4.39. The molecule has 0 bridgehead atoms. The van der Waals surface area contributed by atoms with Gasteiger partial charge in [0.15, 0.2) is 0 Å². The zero-order valence-corrected chi connectivity index (χ0v) is 20.6. The minimum Gasteiger partial charge on any atom is -0.461 e. The summed E-state index contributed by atoms with van der Waals surface area (Å²) in [6, 6.07) is 20.7. The van der Waals surface area contributed by atoms with Crippen LogP contribution in [0.2, 0.25) is 0 Å². The van der Waals surface area contributed by atoms with E-state index in [2.05, 4.69) is 48.7 Å². The molecule has 0 spiro atoms. The predicted octanol–water partition coefficient (Wildman–Crippen LogP) is 7.67. The third kappa shape index (κ3) is 6.28. The van der Waals surface area contributed by atoms with Crippen molar-refractivity contribution in [1.29, 1.82) is 0 Å². The van der Waals surface area contributed by atoms with E-state index < -0.39 is 0 Å². The molecule has 4 heteroatoms. The first-order chi connectivity index (χ1) is 16.1. The summed E-state index contributed by atoms with van der Waals surface area (Å²) in [5, 5.41) is 2.43. The molecule has 176 valence electrons. The average Bonchev–Trinajstić information content (AvgIpc) is 3.33. The van der Waals surface area contributed by atoms with Gasteiger partial charge in [0.2, 0.25) is 0 Å². The quantitative estimate of drug-likeness (QED) is 0.195. The highest BCUT2D eigenvalue weighted by Crippen LogP contribution is 2.20. The van der Waals surface area contributed by atoms with E-state index >= 15 is 0 Å². The number of esters is 1. The number of fused-ring (bicyclic) bond motifs is 2. The number of ether oxygens (including phenoxy) is 1. The first-order valence-corrected chi connectivity index (χ1v) is 12.3. The first kappa shape index (κ1) is 24.6. The smallest absolute Gasteiger partial charge is 0.354 e. The van der Waals surface area contributed by atoms with Gasteiger partial charge < -0.3 is 13.9 Å². The van der Waals surface area contributed by atoms with E-state index in [0.717, 1.165) is 10.9 Å². The number of hydrogen-bond acceptors (Lipinski definition) is 2. The second-order valence-corrected chi connectivity index (χ2v) is 8.63. The largest absolute Gasteiger partial charge is 0.461 e. The molecule has 4 nitrogen and oxygen atoms in total. The van der Waals surface area contributed by atoms with E-state index in [0.29, 0.717) is 12.3 Å². The predicted molar refractivity (Wildman–Crippen MR) is 139 cm³/mol. The lowest BCUT2D eigenvalue weighted by Crippen LogP contribution is -2.09. The molecule has 0 radical (unpaired) electrons. The molecule has 0 aliphatic carbocycles. The Morgan fingerprint density at radius 1 is 0.818 bits per heavy atom. The Morgan fingerprint density at radius 2 is 1.42 bits per heavy atom. The molecular weight excluding hydrogens is 408 g/mol. The fraction of sp³-hybridized carbons (Fsp3) is 0.414. The maximum absolute atomic E-state index is 11.6. The molecule has 0 fully saturated rings. The third-order valence-electron chi connectivity index (χ3n) is 6.19. The SMILES string of the molecule is CCCCCCCCn1c(C)cc2ccccc21.CCOC(=O)c1cc2ccccc2n1C. The minimum atomic E-state index is -0.267. The van der Waals surface area contributed by atoms with Crippen molar-refractivity contribution in [2.24, 2.45) is 7.05 Å². The highest BCUT2D eigenvalue weighted by Gasteiger charge is 2.13. The van der Waals surface area contributed by atoms with Crippen molar-refractivity contribution in [3.8, 4) is 0 Å². The van der Waals surface area contributed by atoms with Crippen LogP contribution in [0.25, 0.3) is 21.8 Å². The Morgan fingerprint density at radius 3 is 2.09 bits per heavy atom. The van der Waals surface area contributed by atoms with Crippen LogP contribution in [0.4, 0.5) is 0 Å². The number of carbonyl (C=O) groups excluding carboxylic acids is 1. The van der Waals surface area contributed by atoms with Gasteiger partial charge in [0, 0.05) is 35.7 Å². The van der Waals surface area contributed by atoms with Crippen molar-refractivity contribution in [2.75, 3.05) is 6.61 Å². The Labute approximate surface area is 198 Å². The van der Waals surface area contributed by atoms with Crippen LogP contribution < -0.4 is 0 Å². The Hall–Kier alpha value is -3.01. The molecule has 0 amide bonds. The molecule has 4 aromatic rings. The maximum Gasteiger partial charge on any atom is 0.354 e. The molecule has 2 aromatic heterocycles. The van der Waals surface area contributed by atoms with E-state index in [9.17, 15) is 4.79 Å². The van der Waals surface area contributed by atoms with Crippen molar-refractivity contribution in [3.05, 3.63) is 72.1 Å². The van der Waals surface area contributed by atoms with Gasteiger partial charge in [-0.05, 0) is 49.9 Å². The summed E-state index contributed by atoms with van der Waals surface area (Å²) >= 11 is 0. The molecule has 0 N–H and O–H groups in total. The molecule has 0 saturated heterocycles. The highest BCUT2D eigenvalue weighted by atomic mass is 16.5. The number of rotatable bonds is 9. The number of para-hydroxylation sites is 2. The fourth-order valence-corrected chi connectivity index (χ4v) is 4.39. The van der Waals surface area contributed by atoms with Crippen LogP contribution in [-0.4, -0.2) is 21.7 Å². The topological polar surface area (TPSA) is 36.2 Å². The standard InChI is InChI=1S/C17H25N.C12H13NO2/c1-3-4-5-6-7-10-13-18-15(2)14-16-11-8-9-12-17(16)18;1-3-15-12(14)11-8-9-6-4-5-7-10(9)13(11)2/h8-9,11-12,14H,3-7,10,13H2,1-2H3;4-8H,3H2,1-2H3. The lowest BCUT2D eigenvalue weighted by molar-refractivity contribution is 0.0516. The number of carbonyl (C=O) groups is 1. The molecule has 4 rings (SSSR count). The first-order valence-electron chi connectivity index (χ1n) is 12.3. The van der Waals surface area contributed by atoms with E-state index in [1.54, 1.807) is 6.92 Å². The summed E-state index contributed by atoms with van der Waals surface area (Å²) in [5.41, 5.74) is 4.42. The number of benzene rings is 2. The van der Waals surface area contributed by atoms with E-state index in [1.807, 2.05) is 41.9 Å². The lowest BCUT2D eigenvalue weighted by Gasteiger charge is -2.08. The van der Waals surface area contributed by atoms with Crippen LogP contribution in [0, 0.1) is 6.92 Å². The zero-order chi connectivity index (χ0) is 23.6. The van der Waals surface area contributed by atoms with Crippen LogP contribution in [0.3, 0.4) is 0 Å². The summed E-state index contributed by atoms with van der Waals surface area (Å²) in [7, 11) is 1.87. The monoisotopic (exact) mass is 446 g/mol. The molecule has 33 heavy (non-hydrogen) atoms. The van der Waals surface area contributed by atoms with Crippen LogP contribution in [0.1, 0.15) is 68.6 Å². The average molecular weight is 447 g/mol. The summed E-state index contributed by atoms with van der Waals surface area (Å²) in [6.45, 7) is 7.87. The van der Waals surface area contributed by atoms with E-state index in [-0.39, 0.29) is 5.97 Å². The number of aryl methyl sites for hydroxylation is 3. The van der Waals surface area contributed by atoms with Crippen molar-refractivity contribution in [3.63, 3.8) is 0 Å². The van der Waals surface area contributed by atoms with Crippen molar-refractivity contribution < 1.29 is 9.53 Å². The van der Waals surface area contributed by atoms with Gasteiger partial charge in [0.05, 0.1) is 6.61 Å². The highest BCUT2D eigenvalue weighted by molar-refractivity contribution is 5.95. The number of hydrogen-bond donors (Lipinski definition) is 0. The second-order valence-electron chi connectivity index (χ2n) is 8.63. The maximum atomic E-state index is 11.6. The number of unbranched alkanes of at least 4 members (excludes halogenated alkanes) is 5. The summed E-state index contributed by atoms with van der Waals surface area (Å²) in [6.07, 6.45) is 8.20. The second kappa shape index (κ2) is 12.3. The van der Waals surface area contributed by atoms with Gasteiger partial charge in [-0.3, -0.25) is 0 Å². The summed E-state index contributed by atoms with van der Waals surface area (Å²) in [4.78, 5) is 11.6. The van der Waals surface area contributed by atoms with Gasteiger partial charge in [-0.2, -0.15) is 0 Å². The molecule has 2 heterocycles.